The van der Waals surface area contributed by atoms with Gasteiger partial charge in [0.2, 0.25) is 0 Å². The summed E-state index contributed by atoms with van der Waals surface area (Å²) in [6, 6.07) is 0. The zero-order valence-electron chi connectivity index (χ0n) is 12.7. The van der Waals surface area contributed by atoms with Crippen LogP contribution >= 0.6 is 15.9 Å². The van der Waals surface area contributed by atoms with E-state index in [0.29, 0.717) is 17.8 Å². The van der Waals surface area contributed by atoms with Crippen molar-refractivity contribution in [2.45, 2.75) is 59.1 Å². The summed E-state index contributed by atoms with van der Waals surface area (Å²) in [6.07, 6.45) is 0.977. The van der Waals surface area contributed by atoms with E-state index in [9.17, 15) is 13.2 Å². The maximum Gasteiger partial charge on any atom is 0.411 e. The molecule has 0 atom stereocenters. The Bertz CT molecular complexity index is 288. The SMILES string of the molecule is CC(C)(C)C1CCC(CBr)(CCOCC(F)(F)F)CC1. The fourth-order valence-corrected chi connectivity index (χ4v) is 3.86. The minimum Gasteiger partial charge on any atom is -0.372 e. The van der Waals surface area contributed by atoms with Crippen LogP contribution in [0.4, 0.5) is 13.2 Å². The van der Waals surface area contributed by atoms with Crippen molar-refractivity contribution in [3.63, 3.8) is 0 Å². The van der Waals surface area contributed by atoms with Crippen LogP contribution in [0.25, 0.3) is 0 Å². The van der Waals surface area contributed by atoms with Gasteiger partial charge in [-0.2, -0.15) is 13.2 Å². The summed E-state index contributed by atoms with van der Waals surface area (Å²) in [6.45, 7) is 5.88. The van der Waals surface area contributed by atoms with E-state index in [4.69, 9.17) is 4.74 Å². The molecule has 1 nitrogen and oxygen atoms in total. The highest BCUT2D eigenvalue weighted by atomic mass is 79.9. The number of hydrogen-bond acceptors (Lipinski definition) is 1. The van der Waals surface area contributed by atoms with Gasteiger partial charge in [-0.3, -0.25) is 0 Å². The van der Waals surface area contributed by atoms with Gasteiger partial charge in [0.15, 0.2) is 0 Å². The molecular weight excluding hydrogens is 333 g/mol. The smallest absolute Gasteiger partial charge is 0.372 e. The van der Waals surface area contributed by atoms with Gasteiger partial charge < -0.3 is 4.74 Å². The van der Waals surface area contributed by atoms with Crippen molar-refractivity contribution in [2.24, 2.45) is 16.7 Å². The molecule has 0 unspecified atom stereocenters. The predicted molar refractivity (Wildman–Crippen MR) is 79.1 cm³/mol. The Labute approximate surface area is 128 Å². The van der Waals surface area contributed by atoms with Crippen LogP contribution in [0.5, 0.6) is 0 Å². The minimum atomic E-state index is -4.22. The number of halogens is 4. The average molecular weight is 359 g/mol. The topological polar surface area (TPSA) is 9.23 Å². The first-order valence-corrected chi connectivity index (χ1v) is 8.41. The molecule has 1 saturated carbocycles. The summed E-state index contributed by atoms with van der Waals surface area (Å²) < 4.78 is 40.9. The third-order valence-electron chi connectivity index (χ3n) is 4.60. The molecule has 0 aliphatic heterocycles. The van der Waals surface area contributed by atoms with Crippen LogP contribution < -0.4 is 0 Å². The molecule has 0 amide bonds. The summed E-state index contributed by atoms with van der Waals surface area (Å²) in [5.74, 6) is 0.714. The summed E-state index contributed by atoms with van der Waals surface area (Å²) in [5, 5.41) is 0.853. The summed E-state index contributed by atoms with van der Waals surface area (Å²) >= 11 is 3.55. The molecule has 1 rings (SSSR count). The minimum absolute atomic E-state index is 0.118. The van der Waals surface area contributed by atoms with Crippen LogP contribution in [0.3, 0.4) is 0 Å². The van der Waals surface area contributed by atoms with Gasteiger partial charge in [0.1, 0.15) is 6.61 Å². The summed E-state index contributed by atoms with van der Waals surface area (Å²) in [7, 11) is 0. The van der Waals surface area contributed by atoms with Crippen molar-refractivity contribution in [3.05, 3.63) is 0 Å². The van der Waals surface area contributed by atoms with E-state index in [1.54, 1.807) is 0 Å². The highest BCUT2D eigenvalue weighted by Crippen LogP contribution is 2.47. The molecule has 0 aromatic rings. The molecule has 0 N–H and O–H groups in total. The zero-order valence-corrected chi connectivity index (χ0v) is 14.2. The van der Waals surface area contributed by atoms with E-state index < -0.39 is 12.8 Å². The number of alkyl halides is 4. The fourth-order valence-electron chi connectivity index (χ4n) is 3.02. The van der Waals surface area contributed by atoms with Gasteiger partial charge in [-0.25, -0.2) is 0 Å². The lowest BCUT2D eigenvalue weighted by atomic mass is 9.64. The Morgan fingerprint density at radius 1 is 1.15 bits per heavy atom. The number of rotatable bonds is 5. The Morgan fingerprint density at radius 2 is 1.70 bits per heavy atom. The van der Waals surface area contributed by atoms with Crippen molar-refractivity contribution in [1.29, 1.82) is 0 Å². The van der Waals surface area contributed by atoms with Crippen LogP contribution in [0.1, 0.15) is 52.9 Å². The summed E-state index contributed by atoms with van der Waals surface area (Å²) in [5.41, 5.74) is 0.443. The third kappa shape index (κ3) is 5.92. The van der Waals surface area contributed by atoms with Gasteiger partial charge in [0, 0.05) is 11.9 Å². The van der Waals surface area contributed by atoms with Crippen LogP contribution in [0, 0.1) is 16.7 Å². The van der Waals surface area contributed by atoms with E-state index in [2.05, 4.69) is 36.7 Å². The molecule has 5 heteroatoms. The van der Waals surface area contributed by atoms with Crippen LogP contribution in [0.2, 0.25) is 0 Å². The molecule has 20 heavy (non-hydrogen) atoms. The average Bonchev–Trinajstić information content (AvgIpc) is 2.33. The van der Waals surface area contributed by atoms with E-state index >= 15 is 0 Å². The number of hydrogen-bond donors (Lipinski definition) is 0. The maximum atomic E-state index is 12.0. The van der Waals surface area contributed by atoms with Crippen molar-refractivity contribution in [1.82, 2.24) is 0 Å². The van der Waals surface area contributed by atoms with Crippen molar-refractivity contribution in [3.8, 4) is 0 Å². The largest absolute Gasteiger partial charge is 0.411 e. The molecule has 120 valence electrons. The predicted octanol–water partition coefficient (Wildman–Crippen LogP) is 5.57. The molecule has 0 aromatic heterocycles. The van der Waals surface area contributed by atoms with Crippen LogP contribution in [0.15, 0.2) is 0 Å². The first-order chi connectivity index (χ1) is 9.08. The van der Waals surface area contributed by atoms with E-state index in [1.165, 1.54) is 0 Å². The Morgan fingerprint density at radius 3 is 2.10 bits per heavy atom. The lowest BCUT2D eigenvalue weighted by Gasteiger charge is -2.43. The van der Waals surface area contributed by atoms with E-state index in [1.807, 2.05) is 0 Å². The van der Waals surface area contributed by atoms with Crippen LogP contribution in [-0.2, 0) is 4.74 Å². The molecule has 1 fully saturated rings. The van der Waals surface area contributed by atoms with Crippen LogP contribution in [-0.4, -0.2) is 24.7 Å². The Balaban J connectivity index is 2.39. The van der Waals surface area contributed by atoms with Crippen molar-refractivity contribution < 1.29 is 17.9 Å². The molecule has 1 aliphatic rings. The van der Waals surface area contributed by atoms with Gasteiger partial charge in [0.25, 0.3) is 0 Å². The van der Waals surface area contributed by atoms with E-state index in [-0.39, 0.29) is 12.0 Å². The summed E-state index contributed by atoms with van der Waals surface area (Å²) in [4.78, 5) is 0. The molecule has 1 aliphatic carbocycles. The lowest BCUT2D eigenvalue weighted by Crippen LogP contribution is -2.35. The van der Waals surface area contributed by atoms with Gasteiger partial charge in [-0.05, 0) is 48.9 Å². The lowest BCUT2D eigenvalue weighted by molar-refractivity contribution is -0.175. The molecule has 0 spiro atoms. The molecule has 0 saturated heterocycles. The molecule has 0 heterocycles. The second kappa shape index (κ2) is 6.99. The molecular formula is C15H26BrF3O. The Hall–Kier alpha value is 0.230. The monoisotopic (exact) mass is 358 g/mol. The van der Waals surface area contributed by atoms with E-state index in [0.717, 1.165) is 31.0 Å². The normalized spacial score (nSPS) is 28.6. The second-order valence-electron chi connectivity index (χ2n) is 7.19. The van der Waals surface area contributed by atoms with Gasteiger partial charge in [-0.1, -0.05) is 36.7 Å². The molecule has 0 radical (unpaired) electrons. The first kappa shape index (κ1) is 18.3. The molecule has 0 aromatic carbocycles. The maximum absolute atomic E-state index is 12.0. The van der Waals surface area contributed by atoms with Gasteiger partial charge in [0.05, 0.1) is 0 Å². The zero-order chi connectivity index (χ0) is 15.4. The van der Waals surface area contributed by atoms with Gasteiger partial charge >= 0.3 is 6.18 Å². The highest BCUT2D eigenvalue weighted by molar-refractivity contribution is 9.09. The van der Waals surface area contributed by atoms with Gasteiger partial charge in [-0.15, -0.1) is 0 Å². The highest BCUT2D eigenvalue weighted by Gasteiger charge is 2.38. The third-order valence-corrected chi connectivity index (χ3v) is 5.79. The van der Waals surface area contributed by atoms with Crippen molar-refractivity contribution >= 4 is 15.9 Å². The van der Waals surface area contributed by atoms with Crippen molar-refractivity contribution in [2.75, 3.05) is 18.5 Å². The fraction of sp³-hybridized carbons (Fsp3) is 1.00. The second-order valence-corrected chi connectivity index (χ2v) is 7.75. The first-order valence-electron chi connectivity index (χ1n) is 7.28. The standard InChI is InChI=1S/C15H26BrF3O/c1-13(2,3)12-4-6-14(10-16,7-5-12)8-9-20-11-15(17,18)19/h12H,4-11H2,1-3H3. The number of ether oxygens (including phenoxy) is 1. The quantitative estimate of drug-likeness (QED) is 0.460. The Kier molecular flexibility index (Phi) is 6.39. The molecule has 0 bridgehead atoms.